The molecule has 1 aromatic carbocycles. The number of hydrogen-bond donors (Lipinski definition) is 2. The highest BCUT2D eigenvalue weighted by molar-refractivity contribution is 7.18. The number of benzene rings is 1. The number of aromatic nitrogens is 1. The van der Waals surface area contributed by atoms with Gasteiger partial charge in [0.25, 0.3) is 0 Å². The van der Waals surface area contributed by atoms with Crippen molar-refractivity contribution in [3.05, 3.63) is 28.8 Å². The van der Waals surface area contributed by atoms with E-state index in [-0.39, 0.29) is 6.54 Å². The first-order chi connectivity index (χ1) is 10.0. The Balaban J connectivity index is 2.00. The minimum Gasteiger partial charge on any atom is -0.465 e. The molecular formula is C14H16N2O4S. The van der Waals surface area contributed by atoms with Crippen LogP contribution in [0.3, 0.4) is 0 Å². The predicted octanol–water partition coefficient (Wildman–Crippen LogP) is 3.45. The molecule has 1 aromatic heterocycles. The van der Waals surface area contributed by atoms with Crippen LogP contribution in [0.1, 0.15) is 23.9 Å². The molecule has 0 saturated heterocycles. The van der Waals surface area contributed by atoms with E-state index in [0.29, 0.717) is 17.7 Å². The average Bonchev–Trinajstić information content (AvgIpc) is 2.84. The Hall–Kier alpha value is -2.15. The molecule has 0 radical (unpaired) electrons. The van der Waals surface area contributed by atoms with Gasteiger partial charge in [0.15, 0.2) is 0 Å². The van der Waals surface area contributed by atoms with Crippen molar-refractivity contribution in [2.24, 2.45) is 0 Å². The lowest BCUT2D eigenvalue weighted by Gasteiger charge is -2.12. The van der Waals surface area contributed by atoms with E-state index in [2.05, 4.69) is 11.9 Å². The molecule has 21 heavy (non-hydrogen) atoms. The van der Waals surface area contributed by atoms with E-state index < -0.39 is 12.2 Å². The molecule has 0 unspecified atom stereocenters. The van der Waals surface area contributed by atoms with Crippen molar-refractivity contribution in [3.8, 4) is 0 Å². The predicted molar refractivity (Wildman–Crippen MR) is 80.1 cm³/mol. The Morgan fingerprint density at radius 3 is 2.62 bits per heavy atom. The van der Waals surface area contributed by atoms with Crippen LogP contribution in [0.25, 0.3) is 10.2 Å². The van der Waals surface area contributed by atoms with Crippen LogP contribution in [0.15, 0.2) is 18.2 Å². The molecule has 0 spiro atoms. The minimum atomic E-state index is -1.44. The Kier molecular flexibility index (Phi) is 4.74. The lowest BCUT2D eigenvalue weighted by atomic mass is 10.1. The van der Waals surface area contributed by atoms with E-state index in [0.717, 1.165) is 27.2 Å². The van der Waals surface area contributed by atoms with Crippen LogP contribution in [-0.2, 0) is 12.8 Å². The molecule has 0 bridgehead atoms. The lowest BCUT2D eigenvalue weighted by Crippen LogP contribution is -2.35. The molecule has 0 aliphatic carbocycles. The number of imide groups is 1. The minimum absolute atomic E-state index is 0.0222. The number of rotatable bonds is 5. The summed E-state index contributed by atoms with van der Waals surface area (Å²) in [6.45, 7) is 2.04. The average molecular weight is 308 g/mol. The van der Waals surface area contributed by atoms with Gasteiger partial charge >= 0.3 is 12.2 Å². The van der Waals surface area contributed by atoms with Crippen LogP contribution >= 0.6 is 11.3 Å². The van der Waals surface area contributed by atoms with E-state index in [9.17, 15) is 9.59 Å². The van der Waals surface area contributed by atoms with Gasteiger partial charge in [-0.3, -0.25) is 0 Å². The van der Waals surface area contributed by atoms with Gasteiger partial charge in [0.2, 0.25) is 0 Å². The van der Waals surface area contributed by atoms with Crippen molar-refractivity contribution in [1.82, 2.24) is 9.88 Å². The molecule has 6 nitrogen and oxygen atoms in total. The Morgan fingerprint density at radius 2 is 2.00 bits per heavy atom. The summed E-state index contributed by atoms with van der Waals surface area (Å²) in [5, 5.41) is 18.6. The standard InChI is InChI=1S/C14H16N2O4S/c1-2-12-15-10-6-5-9(8-11(10)21-12)4-3-7-16(13(17)18)14(19)20/h5-6,8H,2-4,7H2,1H3,(H,17,18)(H,19,20). The summed E-state index contributed by atoms with van der Waals surface area (Å²) in [7, 11) is 0. The first-order valence-electron chi connectivity index (χ1n) is 6.63. The van der Waals surface area contributed by atoms with Gasteiger partial charge in [0.1, 0.15) is 0 Å². The molecule has 2 N–H and O–H groups in total. The van der Waals surface area contributed by atoms with Crippen LogP contribution in [0.5, 0.6) is 0 Å². The van der Waals surface area contributed by atoms with E-state index in [1.165, 1.54) is 0 Å². The summed E-state index contributed by atoms with van der Waals surface area (Å²) in [6.07, 6.45) is -0.877. The molecule has 0 fully saturated rings. The van der Waals surface area contributed by atoms with Gasteiger partial charge in [-0.25, -0.2) is 19.5 Å². The summed E-state index contributed by atoms with van der Waals surface area (Å²) >= 11 is 1.65. The fourth-order valence-electron chi connectivity index (χ4n) is 2.04. The van der Waals surface area contributed by atoms with Crippen molar-refractivity contribution >= 4 is 33.7 Å². The van der Waals surface area contributed by atoms with Gasteiger partial charge in [-0.05, 0) is 37.0 Å². The number of carbonyl (C=O) groups is 2. The lowest BCUT2D eigenvalue weighted by molar-refractivity contribution is 0.122. The van der Waals surface area contributed by atoms with Crippen molar-refractivity contribution in [1.29, 1.82) is 0 Å². The van der Waals surface area contributed by atoms with Crippen molar-refractivity contribution in [3.63, 3.8) is 0 Å². The molecule has 7 heteroatoms. The largest absolute Gasteiger partial charge is 0.465 e. The number of nitrogens with zero attached hydrogens (tertiary/aromatic N) is 2. The number of hydrogen-bond acceptors (Lipinski definition) is 4. The summed E-state index contributed by atoms with van der Waals surface area (Å²) < 4.78 is 1.11. The normalized spacial score (nSPS) is 10.7. The SMILES string of the molecule is CCc1nc2ccc(CCCN(C(=O)O)C(=O)O)cc2s1. The summed E-state index contributed by atoms with van der Waals surface area (Å²) in [6, 6.07) is 5.94. The van der Waals surface area contributed by atoms with E-state index in [1.807, 2.05) is 18.2 Å². The molecule has 0 aliphatic heterocycles. The van der Waals surface area contributed by atoms with Crippen LogP contribution in [0.4, 0.5) is 9.59 Å². The summed E-state index contributed by atoms with van der Waals surface area (Å²) in [5.74, 6) is 0. The third-order valence-corrected chi connectivity index (χ3v) is 4.27. The number of fused-ring (bicyclic) bond motifs is 1. The highest BCUT2D eigenvalue weighted by Crippen LogP contribution is 2.24. The van der Waals surface area contributed by atoms with E-state index in [4.69, 9.17) is 10.2 Å². The summed E-state index contributed by atoms with van der Waals surface area (Å²) in [5.41, 5.74) is 2.03. The highest BCUT2D eigenvalue weighted by atomic mass is 32.1. The highest BCUT2D eigenvalue weighted by Gasteiger charge is 2.18. The van der Waals surface area contributed by atoms with Crippen LogP contribution < -0.4 is 0 Å². The second kappa shape index (κ2) is 6.53. The zero-order valence-corrected chi connectivity index (χ0v) is 12.4. The van der Waals surface area contributed by atoms with Crippen LogP contribution in [-0.4, -0.2) is 38.8 Å². The monoisotopic (exact) mass is 308 g/mol. The fraction of sp³-hybridized carbons (Fsp3) is 0.357. The molecule has 1 heterocycles. The fourth-order valence-corrected chi connectivity index (χ4v) is 3.01. The van der Waals surface area contributed by atoms with Crippen LogP contribution in [0.2, 0.25) is 0 Å². The maximum Gasteiger partial charge on any atom is 0.416 e. The zero-order valence-electron chi connectivity index (χ0n) is 11.6. The third-order valence-electron chi connectivity index (χ3n) is 3.11. The van der Waals surface area contributed by atoms with Crippen LogP contribution in [0, 0.1) is 0 Å². The smallest absolute Gasteiger partial charge is 0.416 e. The second-order valence-electron chi connectivity index (χ2n) is 4.58. The van der Waals surface area contributed by atoms with Gasteiger partial charge in [-0.15, -0.1) is 11.3 Å². The van der Waals surface area contributed by atoms with Crippen molar-refractivity contribution in [2.75, 3.05) is 6.54 Å². The quantitative estimate of drug-likeness (QED) is 0.882. The zero-order chi connectivity index (χ0) is 15.4. The number of amides is 2. The van der Waals surface area contributed by atoms with Gasteiger partial charge in [0, 0.05) is 6.54 Å². The Labute approximate surface area is 125 Å². The molecule has 2 aromatic rings. The van der Waals surface area contributed by atoms with Gasteiger partial charge in [0.05, 0.1) is 15.2 Å². The first kappa shape index (κ1) is 15.2. The molecule has 0 atom stereocenters. The summed E-state index contributed by atoms with van der Waals surface area (Å²) in [4.78, 5) is 26.4. The third kappa shape index (κ3) is 3.69. The van der Waals surface area contributed by atoms with Crippen molar-refractivity contribution in [2.45, 2.75) is 26.2 Å². The van der Waals surface area contributed by atoms with Gasteiger partial charge in [-0.1, -0.05) is 13.0 Å². The number of aryl methyl sites for hydroxylation is 2. The second-order valence-corrected chi connectivity index (χ2v) is 5.70. The molecular weight excluding hydrogens is 292 g/mol. The van der Waals surface area contributed by atoms with E-state index >= 15 is 0 Å². The number of thiazole rings is 1. The van der Waals surface area contributed by atoms with Crippen molar-refractivity contribution < 1.29 is 19.8 Å². The first-order valence-corrected chi connectivity index (χ1v) is 7.44. The topological polar surface area (TPSA) is 90.7 Å². The molecule has 2 amide bonds. The molecule has 0 saturated carbocycles. The maximum atomic E-state index is 10.7. The molecule has 0 aliphatic rings. The molecule has 112 valence electrons. The number of carboxylic acid groups (broad SMARTS) is 2. The Bertz CT molecular complexity index is 654. The Morgan fingerprint density at radius 1 is 1.29 bits per heavy atom. The van der Waals surface area contributed by atoms with Gasteiger partial charge < -0.3 is 10.2 Å². The maximum absolute atomic E-state index is 10.7. The van der Waals surface area contributed by atoms with Gasteiger partial charge in [-0.2, -0.15) is 0 Å². The molecule has 2 rings (SSSR count). The van der Waals surface area contributed by atoms with E-state index in [1.54, 1.807) is 11.3 Å².